The van der Waals surface area contributed by atoms with E-state index in [2.05, 4.69) is 10.2 Å². The summed E-state index contributed by atoms with van der Waals surface area (Å²) in [5.41, 5.74) is 7.23. The number of benzene rings is 2. The van der Waals surface area contributed by atoms with E-state index in [1.807, 2.05) is 13.0 Å². The molecule has 0 atom stereocenters. The van der Waals surface area contributed by atoms with Crippen LogP contribution in [0.15, 0.2) is 46.9 Å². The third-order valence-corrected chi connectivity index (χ3v) is 3.54. The number of hydrogen-bond donors (Lipinski definition) is 1. The van der Waals surface area contributed by atoms with Crippen LogP contribution in [0.2, 0.25) is 5.02 Å². The molecule has 0 spiro atoms. The second-order valence-electron chi connectivity index (χ2n) is 5.16. The lowest BCUT2D eigenvalue weighted by molar-refractivity contribution is 0.103. The first kappa shape index (κ1) is 16.0. The number of aromatic nitrogens is 2. The van der Waals surface area contributed by atoms with E-state index in [0.29, 0.717) is 21.9 Å². The molecule has 0 amide bonds. The first-order valence-corrected chi connectivity index (χ1v) is 7.52. The van der Waals surface area contributed by atoms with Crippen LogP contribution in [0.4, 0.5) is 6.01 Å². The Labute approximate surface area is 143 Å². The van der Waals surface area contributed by atoms with Gasteiger partial charge in [-0.3, -0.25) is 4.79 Å². The van der Waals surface area contributed by atoms with Crippen molar-refractivity contribution >= 4 is 23.4 Å². The van der Waals surface area contributed by atoms with Crippen LogP contribution >= 0.6 is 11.6 Å². The van der Waals surface area contributed by atoms with Crippen LogP contribution in [0, 0.1) is 6.92 Å². The molecule has 122 valence electrons. The SMILES string of the molecule is Cc1ccc(OCc2nnc(N)o2)c(C(=O)c2cccc(Cl)c2)c1. The van der Waals surface area contributed by atoms with Crippen molar-refractivity contribution in [3.8, 4) is 5.75 Å². The predicted molar refractivity (Wildman–Crippen MR) is 89.1 cm³/mol. The van der Waals surface area contributed by atoms with Gasteiger partial charge >= 0.3 is 6.01 Å². The molecule has 3 rings (SSSR count). The number of aryl methyl sites for hydroxylation is 1. The van der Waals surface area contributed by atoms with Crippen LogP contribution in [0.25, 0.3) is 0 Å². The van der Waals surface area contributed by atoms with Gasteiger partial charge in [0.05, 0.1) is 5.56 Å². The molecular weight excluding hydrogens is 330 g/mol. The monoisotopic (exact) mass is 343 g/mol. The maximum atomic E-state index is 12.8. The molecule has 7 heteroatoms. The van der Waals surface area contributed by atoms with E-state index in [-0.39, 0.29) is 24.3 Å². The molecule has 3 aromatic rings. The highest BCUT2D eigenvalue weighted by atomic mass is 35.5. The van der Waals surface area contributed by atoms with E-state index >= 15 is 0 Å². The van der Waals surface area contributed by atoms with Crippen LogP contribution < -0.4 is 10.5 Å². The fraction of sp³-hybridized carbons (Fsp3) is 0.118. The summed E-state index contributed by atoms with van der Waals surface area (Å²) in [6, 6.07) is 12.1. The molecule has 0 aliphatic carbocycles. The maximum Gasteiger partial charge on any atom is 0.312 e. The molecule has 2 N–H and O–H groups in total. The number of ketones is 1. The van der Waals surface area contributed by atoms with Crippen molar-refractivity contribution in [2.45, 2.75) is 13.5 Å². The van der Waals surface area contributed by atoms with E-state index in [1.54, 1.807) is 36.4 Å². The Balaban J connectivity index is 1.89. The fourth-order valence-corrected chi connectivity index (χ4v) is 2.39. The van der Waals surface area contributed by atoms with Gasteiger partial charge < -0.3 is 14.9 Å². The summed E-state index contributed by atoms with van der Waals surface area (Å²) in [7, 11) is 0. The van der Waals surface area contributed by atoms with Gasteiger partial charge in [-0.25, -0.2) is 0 Å². The lowest BCUT2D eigenvalue weighted by atomic mass is 10.0. The van der Waals surface area contributed by atoms with Gasteiger partial charge in [0, 0.05) is 10.6 Å². The van der Waals surface area contributed by atoms with Crippen molar-refractivity contribution in [2.75, 3.05) is 5.73 Å². The Hall–Kier alpha value is -2.86. The van der Waals surface area contributed by atoms with Crippen LogP contribution in [0.1, 0.15) is 27.4 Å². The molecule has 0 unspecified atom stereocenters. The Kier molecular flexibility index (Phi) is 4.48. The van der Waals surface area contributed by atoms with Crippen molar-refractivity contribution in [3.63, 3.8) is 0 Å². The molecule has 24 heavy (non-hydrogen) atoms. The highest BCUT2D eigenvalue weighted by Crippen LogP contribution is 2.25. The molecule has 0 radical (unpaired) electrons. The van der Waals surface area contributed by atoms with Crippen molar-refractivity contribution < 1.29 is 13.9 Å². The molecule has 6 nitrogen and oxygen atoms in total. The molecule has 2 aromatic carbocycles. The number of nitrogens with two attached hydrogens (primary N) is 1. The maximum absolute atomic E-state index is 12.8. The molecule has 0 fully saturated rings. The normalized spacial score (nSPS) is 10.6. The molecule has 1 aromatic heterocycles. The first-order valence-electron chi connectivity index (χ1n) is 7.14. The second-order valence-corrected chi connectivity index (χ2v) is 5.60. The zero-order chi connectivity index (χ0) is 17.1. The lowest BCUT2D eigenvalue weighted by Gasteiger charge is -2.11. The molecule has 0 aliphatic heterocycles. The van der Waals surface area contributed by atoms with Gasteiger partial charge in [-0.15, -0.1) is 5.10 Å². The van der Waals surface area contributed by atoms with E-state index in [9.17, 15) is 4.79 Å². The molecular formula is C17H14ClN3O3. The zero-order valence-electron chi connectivity index (χ0n) is 12.8. The number of ether oxygens (including phenoxy) is 1. The van der Waals surface area contributed by atoms with Crippen LogP contribution in [-0.4, -0.2) is 16.0 Å². The average molecular weight is 344 g/mol. The Morgan fingerprint density at radius 3 is 2.79 bits per heavy atom. The number of anilines is 1. The van der Waals surface area contributed by atoms with Crippen molar-refractivity contribution in [3.05, 3.63) is 70.1 Å². The second kappa shape index (κ2) is 6.72. The number of hydrogen-bond acceptors (Lipinski definition) is 6. The first-order chi connectivity index (χ1) is 11.5. The molecule has 0 aliphatic rings. The topological polar surface area (TPSA) is 91.2 Å². The van der Waals surface area contributed by atoms with Gasteiger partial charge in [0.15, 0.2) is 12.4 Å². The summed E-state index contributed by atoms with van der Waals surface area (Å²) in [4.78, 5) is 12.8. The van der Waals surface area contributed by atoms with Gasteiger partial charge in [0.1, 0.15) is 5.75 Å². The molecule has 0 saturated carbocycles. The molecule has 0 saturated heterocycles. The summed E-state index contributed by atoms with van der Waals surface area (Å²) in [5, 5.41) is 7.78. The van der Waals surface area contributed by atoms with E-state index in [4.69, 9.17) is 26.5 Å². The van der Waals surface area contributed by atoms with Gasteiger partial charge in [0.2, 0.25) is 0 Å². The standard InChI is InChI=1S/C17H14ClN3O3/c1-10-5-6-14(23-9-15-20-21-17(19)24-15)13(7-10)16(22)11-3-2-4-12(18)8-11/h2-8H,9H2,1H3,(H2,19,21). The number of nitrogens with zero attached hydrogens (tertiary/aromatic N) is 2. The summed E-state index contributed by atoms with van der Waals surface area (Å²) in [6.07, 6.45) is 0. The Bertz CT molecular complexity index is 892. The van der Waals surface area contributed by atoms with Crippen LogP contribution in [0.5, 0.6) is 5.75 Å². The average Bonchev–Trinajstić information content (AvgIpc) is 2.98. The van der Waals surface area contributed by atoms with Crippen molar-refractivity contribution in [1.29, 1.82) is 0 Å². The predicted octanol–water partition coefficient (Wildman–Crippen LogP) is 3.42. The lowest BCUT2D eigenvalue weighted by Crippen LogP contribution is -2.06. The van der Waals surface area contributed by atoms with Gasteiger partial charge in [-0.1, -0.05) is 40.5 Å². The fourth-order valence-electron chi connectivity index (χ4n) is 2.20. The number of carbonyl (C=O) groups excluding carboxylic acids is 1. The highest BCUT2D eigenvalue weighted by molar-refractivity contribution is 6.31. The van der Waals surface area contributed by atoms with Crippen LogP contribution in [0.3, 0.4) is 0 Å². The van der Waals surface area contributed by atoms with E-state index in [1.165, 1.54) is 0 Å². The molecule has 0 bridgehead atoms. The third-order valence-electron chi connectivity index (χ3n) is 3.30. The van der Waals surface area contributed by atoms with Crippen LogP contribution in [-0.2, 0) is 6.61 Å². The summed E-state index contributed by atoms with van der Waals surface area (Å²) >= 11 is 5.97. The summed E-state index contributed by atoms with van der Waals surface area (Å²) in [5.74, 6) is 0.470. The minimum absolute atomic E-state index is 0.0170. The minimum Gasteiger partial charge on any atom is -0.483 e. The van der Waals surface area contributed by atoms with E-state index in [0.717, 1.165) is 5.56 Å². The number of halogens is 1. The summed E-state index contributed by atoms with van der Waals surface area (Å²) in [6.45, 7) is 1.92. The quantitative estimate of drug-likeness (QED) is 0.714. The number of rotatable bonds is 5. The number of nitrogen functional groups attached to an aromatic ring is 1. The minimum atomic E-state index is -0.179. The Morgan fingerprint density at radius 1 is 1.25 bits per heavy atom. The zero-order valence-corrected chi connectivity index (χ0v) is 13.6. The molecule has 1 heterocycles. The Morgan fingerprint density at radius 2 is 2.08 bits per heavy atom. The third kappa shape index (κ3) is 3.55. The van der Waals surface area contributed by atoms with Gasteiger partial charge in [-0.2, -0.15) is 0 Å². The summed E-state index contributed by atoms with van der Waals surface area (Å²) < 4.78 is 10.7. The number of carbonyl (C=O) groups is 1. The van der Waals surface area contributed by atoms with Crippen molar-refractivity contribution in [1.82, 2.24) is 10.2 Å². The smallest absolute Gasteiger partial charge is 0.312 e. The van der Waals surface area contributed by atoms with Gasteiger partial charge in [0.25, 0.3) is 5.89 Å². The van der Waals surface area contributed by atoms with Gasteiger partial charge in [-0.05, 0) is 31.2 Å². The van der Waals surface area contributed by atoms with E-state index < -0.39 is 0 Å². The highest BCUT2D eigenvalue weighted by Gasteiger charge is 2.16. The largest absolute Gasteiger partial charge is 0.483 e. The van der Waals surface area contributed by atoms with Crippen molar-refractivity contribution in [2.24, 2.45) is 0 Å².